The van der Waals surface area contributed by atoms with Crippen molar-refractivity contribution in [2.75, 3.05) is 26.4 Å². The summed E-state index contributed by atoms with van der Waals surface area (Å²) in [4.78, 5) is 0. The summed E-state index contributed by atoms with van der Waals surface area (Å²) in [6.07, 6.45) is 6.96. The minimum absolute atomic E-state index is 0.552. The van der Waals surface area contributed by atoms with Crippen molar-refractivity contribution in [1.29, 1.82) is 0 Å². The van der Waals surface area contributed by atoms with Crippen molar-refractivity contribution >= 4 is 0 Å². The highest BCUT2D eigenvalue weighted by atomic mass is 16.5. The highest BCUT2D eigenvalue weighted by molar-refractivity contribution is 4.71. The molecule has 2 fully saturated rings. The molecule has 1 saturated heterocycles. The first-order valence-corrected chi connectivity index (χ1v) is 5.88. The van der Waals surface area contributed by atoms with Gasteiger partial charge in [-0.25, -0.2) is 0 Å². The Morgan fingerprint density at radius 3 is 2.79 bits per heavy atom. The Morgan fingerprint density at radius 1 is 1.21 bits per heavy atom. The first-order valence-electron chi connectivity index (χ1n) is 5.88. The Morgan fingerprint density at radius 2 is 2.07 bits per heavy atom. The van der Waals surface area contributed by atoms with Crippen LogP contribution in [-0.2, 0) is 9.47 Å². The van der Waals surface area contributed by atoms with Crippen molar-refractivity contribution in [3.63, 3.8) is 0 Å². The third kappa shape index (κ3) is 3.23. The lowest BCUT2D eigenvalue weighted by molar-refractivity contribution is 0.0588. The summed E-state index contributed by atoms with van der Waals surface area (Å²) < 4.78 is 11.0. The molecule has 1 N–H and O–H groups in total. The van der Waals surface area contributed by atoms with Gasteiger partial charge in [-0.3, -0.25) is 0 Å². The van der Waals surface area contributed by atoms with Gasteiger partial charge in [-0.05, 0) is 19.3 Å². The topological polar surface area (TPSA) is 30.5 Å². The molecule has 2 aliphatic rings. The van der Waals surface area contributed by atoms with E-state index in [4.69, 9.17) is 9.47 Å². The summed E-state index contributed by atoms with van der Waals surface area (Å²) in [5, 5.41) is 3.46. The molecule has 1 aliphatic carbocycles. The van der Waals surface area contributed by atoms with Crippen LogP contribution in [0.5, 0.6) is 0 Å². The van der Waals surface area contributed by atoms with E-state index in [1.165, 1.54) is 25.7 Å². The van der Waals surface area contributed by atoms with Gasteiger partial charge in [0.25, 0.3) is 0 Å². The second-order valence-corrected chi connectivity index (χ2v) is 4.29. The molecule has 1 unspecified atom stereocenters. The quantitative estimate of drug-likeness (QED) is 0.677. The van der Waals surface area contributed by atoms with Crippen LogP contribution in [0.4, 0.5) is 0 Å². The van der Waals surface area contributed by atoms with Crippen LogP contribution in [0, 0.1) is 0 Å². The second-order valence-electron chi connectivity index (χ2n) is 4.29. The van der Waals surface area contributed by atoms with Gasteiger partial charge in [0.1, 0.15) is 0 Å². The summed E-state index contributed by atoms with van der Waals surface area (Å²) in [7, 11) is 0. The fourth-order valence-corrected chi connectivity index (χ4v) is 2.24. The van der Waals surface area contributed by atoms with E-state index in [9.17, 15) is 0 Å². The molecular weight excluding hydrogens is 178 g/mol. The van der Waals surface area contributed by atoms with E-state index in [0.717, 1.165) is 32.8 Å². The molecule has 0 aromatic rings. The van der Waals surface area contributed by atoms with E-state index in [1.807, 2.05) is 0 Å². The number of nitrogens with one attached hydrogen (secondary N) is 1. The maximum atomic E-state index is 5.76. The molecule has 14 heavy (non-hydrogen) atoms. The monoisotopic (exact) mass is 199 g/mol. The predicted molar refractivity (Wildman–Crippen MR) is 55.4 cm³/mol. The van der Waals surface area contributed by atoms with Crippen LogP contribution in [-0.4, -0.2) is 38.5 Å². The van der Waals surface area contributed by atoms with Gasteiger partial charge in [0.2, 0.25) is 0 Å². The Labute approximate surface area is 86.2 Å². The molecule has 0 aromatic heterocycles. The molecule has 3 nitrogen and oxygen atoms in total. The van der Waals surface area contributed by atoms with Gasteiger partial charge >= 0.3 is 0 Å². The zero-order chi connectivity index (χ0) is 9.64. The maximum Gasteiger partial charge on any atom is 0.0620 e. The van der Waals surface area contributed by atoms with E-state index >= 15 is 0 Å². The van der Waals surface area contributed by atoms with Crippen LogP contribution in [0.25, 0.3) is 0 Å². The van der Waals surface area contributed by atoms with E-state index in [2.05, 4.69) is 5.32 Å². The third-order valence-electron chi connectivity index (χ3n) is 3.12. The molecule has 0 spiro atoms. The average molecular weight is 199 g/mol. The second kappa shape index (κ2) is 5.69. The number of hydrogen-bond donors (Lipinski definition) is 1. The highest BCUT2D eigenvalue weighted by Gasteiger charge is 2.16. The minimum atomic E-state index is 0.552. The van der Waals surface area contributed by atoms with E-state index in [0.29, 0.717) is 12.1 Å². The fraction of sp³-hybridized carbons (Fsp3) is 1.00. The average Bonchev–Trinajstić information content (AvgIpc) is 2.86. The van der Waals surface area contributed by atoms with Crippen molar-refractivity contribution in [3.8, 4) is 0 Å². The number of ether oxygens (including phenoxy) is 2. The zero-order valence-corrected chi connectivity index (χ0v) is 8.84. The largest absolute Gasteiger partial charge is 0.380 e. The minimum Gasteiger partial charge on any atom is -0.380 e. The smallest absolute Gasteiger partial charge is 0.0620 e. The van der Waals surface area contributed by atoms with Crippen LogP contribution in [0.2, 0.25) is 0 Å². The molecule has 82 valence electrons. The van der Waals surface area contributed by atoms with Gasteiger partial charge in [0.05, 0.1) is 19.3 Å². The summed E-state index contributed by atoms with van der Waals surface area (Å²) in [5.41, 5.74) is 0. The molecule has 3 heteroatoms. The van der Waals surface area contributed by atoms with E-state index in [-0.39, 0.29) is 0 Å². The fourth-order valence-electron chi connectivity index (χ4n) is 2.24. The summed E-state index contributed by atoms with van der Waals surface area (Å²) >= 11 is 0. The van der Waals surface area contributed by atoms with Crippen LogP contribution < -0.4 is 5.32 Å². The van der Waals surface area contributed by atoms with Gasteiger partial charge in [0.15, 0.2) is 0 Å². The molecule has 2 rings (SSSR count). The molecule has 0 amide bonds. The molecule has 1 saturated carbocycles. The zero-order valence-electron chi connectivity index (χ0n) is 8.84. The Kier molecular flexibility index (Phi) is 4.22. The predicted octanol–water partition coefficient (Wildman–Crippen LogP) is 1.32. The molecule has 1 heterocycles. The lowest BCUT2D eigenvalue weighted by Crippen LogP contribution is -2.32. The molecule has 0 aromatic carbocycles. The summed E-state index contributed by atoms with van der Waals surface area (Å²) in [6, 6.07) is 0.571. The van der Waals surface area contributed by atoms with Crippen LogP contribution >= 0.6 is 0 Å². The van der Waals surface area contributed by atoms with Gasteiger partial charge in [-0.1, -0.05) is 12.8 Å². The van der Waals surface area contributed by atoms with Crippen LogP contribution in [0.3, 0.4) is 0 Å². The maximum absolute atomic E-state index is 5.76. The Bertz CT molecular complexity index is 133. The Hall–Kier alpha value is -0.120. The molecule has 0 radical (unpaired) electrons. The van der Waals surface area contributed by atoms with Crippen molar-refractivity contribution in [2.45, 2.75) is 44.2 Å². The molecule has 1 atom stereocenters. The van der Waals surface area contributed by atoms with E-state index < -0.39 is 0 Å². The summed E-state index contributed by atoms with van der Waals surface area (Å²) in [6.45, 7) is 3.64. The third-order valence-corrected chi connectivity index (χ3v) is 3.12. The molecule has 0 bridgehead atoms. The first-order chi connectivity index (χ1) is 6.95. The number of hydrogen-bond acceptors (Lipinski definition) is 3. The highest BCUT2D eigenvalue weighted by Crippen LogP contribution is 2.20. The first kappa shape index (κ1) is 10.4. The van der Waals surface area contributed by atoms with Crippen LogP contribution in [0.15, 0.2) is 0 Å². The van der Waals surface area contributed by atoms with Crippen molar-refractivity contribution in [1.82, 2.24) is 5.32 Å². The summed E-state index contributed by atoms with van der Waals surface area (Å²) in [5.74, 6) is 0. The van der Waals surface area contributed by atoms with Gasteiger partial charge < -0.3 is 14.8 Å². The standard InChI is InChI=1S/C11H21NO2/c1-2-4-11(3-1)14-8-6-12-10-5-7-13-9-10/h10-12H,1-9H2. The van der Waals surface area contributed by atoms with Gasteiger partial charge in [-0.15, -0.1) is 0 Å². The lowest BCUT2D eigenvalue weighted by atomic mass is 10.2. The molecular formula is C11H21NO2. The van der Waals surface area contributed by atoms with Crippen LogP contribution in [0.1, 0.15) is 32.1 Å². The normalized spacial score (nSPS) is 28.7. The van der Waals surface area contributed by atoms with Gasteiger partial charge in [0, 0.05) is 19.2 Å². The van der Waals surface area contributed by atoms with Crippen molar-refractivity contribution in [2.24, 2.45) is 0 Å². The number of rotatable bonds is 5. The van der Waals surface area contributed by atoms with E-state index in [1.54, 1.807) is 0 Å². The molecule has 1 aliphatic heterocycles. The lowest BCUT2D eigenvalue weighted by Gasteiger charge is -2.13. The van der Waals surface area contributed by atoms with Crippen molar-refractivity contribution in [3.05, 3.63) is 0 Å². The van der Waals surface area contributed by atoms with Gasteiger partial charge in [-0.2, -0.15) is 0 Å². The van der Waals surface area contributed by atoms with Crippen molar-refractivity contribution < 1.29 is 9.47 Å². The Balaban J connectivity index is 1.46. The SMILES string of the molecule is C1CCC(OCCNC2CCOC2)C1.